The van der Waals surface area contributed by atoms with Crippen LogP contribution in [0.3, 0.4) is 0 Å². The van der Waals surface area contributed by atoms with Crippen molar-refractivity contribution in [2.45, 2.75) is 69.3 Å². The molecule has 3 saturated heterocycles. The van der Waals surface area contributed by atoms with Crippen LogP contribution in [0.2, 0.25) is 5.02 Å². The van der Waals surface area contributed by atoms with Crippen molar-refractivity contribution in [1.29, 1.82) is 0 Å². The molecule has 18 heteroatoms. The fraction of sp³-hybridized carbons (Fsp3) is 0.600. The summed E-state index contributed by atoms with van der Waals surface area (Å²) in [5.41, 5.74) is 5.82. The molecule has 0 unspecified atom stereocenters. The lowest BCUT2D eigenvalue weighted by atomic mass is 10.0. The van der Waals surface area contributed by atoms with Gasteiger partial charge in [-0.2, -0.15) is 13.2 Å². The number of piperazine rings is 1. The van der Waals surface area contributed by atoms with Crippen molar-refractivity contribution in [2.75, 3.05) is 96.8 Å². The molecule has 58 heavy (non-hydrogen) atoms. The molecule has 0 bridgehead atoms. The number of hydrogen-bond donors (Lipinski definition) is 2. The number of fused-ring (bicyclic) bond motifs is 1. The summed E-state index contributed by atoms with van der Waals surface area (Å²) < 4.78 is 57.7. The summed E-state index contributed by atoms with van der Waals surface area (Å²) in [6.45, 7) is 5.80. The minimum Gasteiger partial charge on any atom is -0.463 e. The quantitative estimate of drug-likeness (QED) is 0.175. The Morgan fingerprint density at radius 1 is 0.914 bits per heavy atom. The third-order valence-electron chi connectivity index (χ3n) is 11.6. The van der Waals surface area contributed by atoms with Gasteiger partial charge in [0.25, 0.3) is 5.91 Å². The number of rotatable bonds is 12. The molecule has 0 aliphatic carbocycles. The molecule has 2 aromatic rings. The highest BCUT2D eigenvalue weighted by Gasteiger charge is 2.38. The number of amides is 4. The predicted molar refractivity (Wildman–Crippen MR) is 210 cm³/mol. The molecule has 1 atom stereocenters. The molecule has 318 valence electrons. The number of anilines is 2. The van der Waals surface area contributed by atoms with E-state index in [1.54, 1.807) is 16.9 Å². The van der Waals surface area contributed by atoms with Gasteiger partial charge in [-0.15, -0.1) is 0 Å². The summed E-state index contributed by atoms with van der Waals surface area (Å²) in [5, 5.41) is 2.67. The van der Waals surface area contributed by atoms with Crippen molar-refractivity contribution in [2.24, 2.45) is 0 Å². The fourth-order valence-electron chi connectivity index (χ4n) is 8.29. The first-order chi connectivity index (χ1) is 27.8. The summed E-state index contributed by atoms with van der Waals surface area (Å²) in [7, 11) is 1.55. The predicted octanol–water partition coefficient (Wildman–Crippen LogP) is 4.73. The van der Waals surface area contributed by atoms with Gasteiger partial charge in [-0.25, -0.2) is 9.59 Å². The van der Waals surface area contributed by atoms with Crippen molar-refractivity contribution < 1.29 is 46.6 Å². The first kappa shape index (κ1) is 43.3. The summed E-state index contributed by atoms with van der Waals surface area (Å²) in [6, 6.07) is 9.76. The number of hydrogen-bond acceptors (Lipinski definition) is 10. The highest BCUT2D eigenvalue weighted by atomic mass is 35.5. The van der Waals surface area contributed by atoms with Gasteiger partial charge in [0.1, 0.15) is 6.61 Å². The largest absolute Gasteiger partial charge is 0.463 e. The second-order valence-corrected chi connectivity index (χ2v) is 15.7. The van der Waals surface area contributed by atoms with E-state index in [-0.39, 0.29) is 54.7 Å². The molecule has 4 amide bonds. The number of ether oxygens (including phenoxy) is 3. The first-order valence-electron chi connectivity index (χ1n) is 20.0. The van der Waals surface area contributed by atoms with E-state index in [2.05, 4.69) is 15.1 Å². The van der Waals surface area contributed by atoms with Gasteiger partial charge >= 0.3 is 24.3 Å². The van der Waals surface area contributed by atoms with Crippen molar-refractivity contribution >= 4 is 47.0 Å². The molecular weight excluding hydrogens is 783 g/mol. The molecule has 4 heterocycles. The number of urea groups is 1. The lowest BCUT2D eigenvalue weighted by Crippen LogP contribution is -2.56. The molecule has 14 nitrogen and oxygen atoms in total. The SMILES string of the molecule is COCCOC(=O)CCN1CCC(N2CCN(C(=O)[C@@H](Cc3cc(Cl)c(N)c(C(F)(F)F)c3)OC(=O)N3CCC(N4CCc5ccccc5NC4=O)CC3)CC2)CC1. The molecular formula is C40H53ClF3N7O7. The molecule has 0 saturated carbocycles. The van der Waals surface area contributed by atoms with E-state index >= 15 is 0 Å². The summed E-state index contributed by atoms with van der Waals surface area (Å²) in [4.78, 5) is 62.4. The van der Waals surface area contributed by atoms with Crippen molar-refractivity contribution in [3.8, 4) is 0 Å². The lowest BCUT2D eigenvalue weighted by Gasteiger charge is -2.43. The number of carbonyl (C=O) groups excluding carboxylic acids is 4. The van der Waals surface area contributed by atoms with Gasteiger partial charge in [0, 0.05) is 83.7 Å². The zero-order valence-electron chi connectivity index (χ0n) is 32.8. The molecule has 4 aliphatic rings. The van der Waals surface area contributed by atoms with Crippen molar-refractivity contribution in [1.82, 2.24) is 24.5 Å². The molecule has 0 radical (unpaired) electrons. The zero-order chi connectivity index (χ0) is 41.4. The van der Waals surface area contributed by atoms with E-state index < -0.39 is 35.5 Å². The number of piperidine rings is 2. The average molecular weight is 836 g/mol. The van der Waals surface area contributed by atoms with Gasteiger partial charge in [0.2, 0.25) is 0 Å². The van der Waals surface area contributed by atoms with Crippen molar-refractivity contribution in [3.63, 3.8) is 0 Å². The number of nitrogens with one attached hydrogen (secondary N) is 1. The van der Waals surface area contributed by atoms with Gasteiger partial charge < -0.3 is 44.9 Å². The summed E-state index contributed by atoms with van der Waals surface area (Å²) in [5.74, 6) is -0.753. The maximum atomic E-state index is 14.1. The van der Waals surface area contributed by atoms with E-state index in [0.29, 0.717) is 77.6 Å². The minimum atomic E-state index is -4.79. The fourth-order valence-corrected chi connectivity index (χ4v) is 8.54. The number of nitrogens with two attached hydrogens (primary N) is 1. The van der Waals surface area contributed by atoms with Crippen LogP contribution in [-0.2, 0) is 42.8 Å². The number of benzene rings is 2. The summed E-state index contributed by atoms with van der Waals surface area (Å²) in [6.07, 6.45) is -3.52. The molecule has 6 rings (SSSR count). The van der Waals surface area contributed by atoms with Crippen LogP contribution in [0.5, 0.6) is 0 Å². The van der Waals surface area contributed by atoms with E-state index in [0.717, 1.165) is 43.2 Å². The number of para-hydroxylation sites is 1. The first-order valence-corrected chi connectivity index (χ1v) is 20.3. The number of halogens is 4. The van der Waals surface area contributed by atoms with E-state index in [4.69, 9.17) is 31.5 Å². The second kappa shape index (κ2) is 19.6. The number of methoxy groups -OCH3 is 1. The topological polar surface area (TPSA) is 150 Å². The molecule has 0 aromatic heterocycles. The zero-order valence-corrected chi connectivity index (χ0v) is 33.6. The van der Waals surface area contributed by atoms with Gasteiger partial charge in [0.15, 0.2) is 6.10 Å². The smallest absolute Gasteiger partial charge is 0.418 e. The molecule has 0 spiro atoms. The van der Waals surface area contributed by atoms with Crippen LogP contribution < -0.4 is 11.1 Å². The minimum absolute atomic E-state index is 0.0539. The highest BCUT2D eigenvalue weighted by molar-refractivity contribution is 6.33. The molecule has 2 aromatic carbocycles. The van der Waals surface area contributed by atoms with Crippen molar-refractivity contribution in [3.05, 3.63) is 58.1 Å². The van der Waals surface area contributed by atoms with Crippen LogP contribution in [0.1, 0.15) is 48.8 Å². The maximum Gasteiger partial charge on any atom is 0.418 e. The van der Waals surface area contributed by atoms with E-state index in [9.17, 15) is 32.3 Å². The molecule has 4 aliphatic heterocycles. The number of esters is 1. The summed E-state index contributed by atoms with van der Waals surface area (Å²) >= 11 is 6.14. The van der Waals surface area contributed by atoms with Gasteiger partial charge in [-0.3, -0.25) is 14.5 Å². The Morgan fingerprint density at radius 2 is 1.60 bits per heavy atom. The van der Waals surface area contributed by atoms with Crippen LogP contribution in [-0.4, -0.2) is 152 Å². The highest BCUT2D eigenvalue weighted by Crippen LogP contribution is 2.38. The number of likely N-dealkylation sites (tertiary alicyclic amines) is 2. The van der Waals surface area contributed by atoms with Crippen LogP contribution in [0.25, 0.3) is 0 Å². The Bertz CT molecular complexity index is 1760. The third-order valence-corrected chi connectivity index (χ3v) is 11.9. The molecule has 3 N–H and O–H groups in total. The number of alkyl halides is 3. The number of nitrogens with zero attached hydrogens (tertiary/aromatic N) is 5. The van der Waals surface area contributed by atoms with Gasteiger partial charge in [-0.1, -0.05) is 29.8 Å². The second-order valence-electron chi connectivity index (χ2n) is 15.3. The Labute approximate surface area is 341 Å². The Hall–Kier alpha value is -4.32. The standard InChI is InChI=1S/C40H53ClF3N7O7/c1-56-22-23-57-35(52)11-14-47-12-7-29(8-13-47)48-18-20-49(21-19-48)37(53)34(26-27-24-31(40(42,43)44)36(45)32(41)25-27)58-39(55)50-15-9-30(10-16-50)51-17-6-28-4-2-3-5-33(28)46-38(51)54/h2-5,24-25,29-30,34H,6-23,26,45H2,1H3,(H,46,54)/t34-/m1/s1. The third kappa shape index (κ3) is 11.0. The number of carbonyl (C=O) groups is 4. The Balaban J connectivity index is 1.05. The Morgan fingerprint density at radius 3 is 2.29 bits per heavy atom. The van der Waals surface area contributed by atoms with Gasteiger partial charge in [-0.05, 0) is 74.5 Å². The lowest BCUT2D eigenvalue weighted by molar-refractivity contribution is -0.145. The Kier molecular flexibility index (Phi) is 14.6. The normalized spacial score (nSPS) is 19.6. The van der Waals surface area contributed by atoms with E-state index in [1.165, 1.54) is 11.0 Å². The number of nitrogen functional groups attached to an aromatic ring is 1. The monoisotopic (exact) mass is 835 g/mol. The van der Waals surface area contributed by atoms with Crippen LogP contribution in [0.4, 0.5) is 34.1 Å². The molecule has 3 fully saturated rings. The van der Waals surface area contributed by atoms with Crippen LogP contribution in [0, 0.1) is 0 Å². The van der Waals surface area contributed by atoms with Crippen LogP contribution in [0.15, 0.2) is 36.4 Å². The van der Waals surface area contributed by atoms with E-state index in [1.807, 2.05) is 24.3 Å². The van der Waals surface area contributed by atoms with Gasteiger partial charge in [0.05, 0.1) is 29.3 Å². The average Bonchev–Trinajstić information content (AvgIpc) is 3.38. The van der Waals surface area contributed by atoms with Crippen LogP contribution >= 0.6 is 11.6 Å². The maximum absolute atomic E-state index is 14.1.